The van der Waals surface area contributed by atoms with Crippen molar-refractivity contribution in [2.24, 2.45) is 0 Å². The van der Waals surface area contributed by atoms with Crippen molar-refractivity contribution in [3.8, 4) is 11.3 Å². The lowest BCUT2D eigenvalue weighted by atomic mass is 9.79. The fourth-order valence-corrected chi connectivity index (χ4v) is 10.2. The molecule has 1 aromatic carbocycles. The van der Waals surface area contributed by atoms with E-state index in [1.54, 1.807) is 6.92 Å². The van der Waals surface area contributed by atoms with Gasteiger partial charge in [0, 0.05) is 42.2 Å². The molecule has 1 saturated heterocycles. The number of aryl methyl sites for hydroxylation is 2. The first kappa shape index (κ1) is 31.8. The maximum Gasteiger partial charge on any atom is 0.248 e. The molecule has 2 aromatic heterocycles. The van der Waals surface area contributed by atoms with Crippen LogP contribution in [0.25, 0.3) is 11.3 Å². The molecule has 0 spiro atoms. The van der Waals surface area contributed by atoms with Gasteiger partial charge in [-0.2, -0.15) is 0 Å². The van der Waals surface area contributed by atoms with Crippen molar-refractivity contribution in [3.05, 3.63) is 64.9 Å². The van der Waals surface area contributed by atoms with Crippen LogP contribution in [0, 0.1) is 31.3 Å². The maximum atomic E-state index is 14.3. The van der Waals surface area contributed by atoms with E-state index in [0.717, 1.165) is 17.7 Å². The van der Waals surface area contributed by atoms with Crippen molar-refractivity contribution in [3.63, 3.8) is 0 Å². The number of pyridine rings is 1. The zero-order chi connectivity index (χ0) is 31.3. The first-order chi connectivity index (χ1) is 20.3. The van der Waals surface area contributed by atoms with Crippen molar-refractivity contribution < 1.29 is 42.0 Å². The summed E-state index contributed by atoms with van der Waals surface area (Å²) in [5.41, 5.74) is 0.359. The van der Waals surface area contributed by atoms with Gasteiger partial charge in [0.2, 0.25) is 5.92 Å². The normalized spacial score (nSPS) is 28.5. The van der Waals surface area contributed by atoms with E-state index >= 15 is 0 Å². The molecule has 3 aromatic rings. The predicted octanol–water partition coefficient (Wildman–Crippen LogP) is 4.35. The fraction of sp³-hybridized carbons (Fsp3) is 0.552. The van der Waals surface area contributed by atoms with Crippen LogP contribution in [0.1, 0.15) is 53.9 Å². The number of rotatable bonds is 7. The molecule has 2 fully saturated rings. The van der Waals surface area contributed by atoms with E-state index in [0.29, 0.717) is 11.4 Å². The molecular weight excluding hydrogens is 595 g/mol. The number of hydrogen-bond acceptors (Lipinski definition) is 7. The van der Waals surface area contributed by atoms with E-state index < -0.39 is 88.1 Å². The van der Waals surface area contributed by atoms with Gasteiger partial charge < -0.3 is 20.1 Å². The highest BCUT2D eigenvalue weighted by Crippen LogP contribution is 2.61. The largest absolute Gasteiger partial charge is 0.395 e. The summed E-state index contributed by atoms with van der Waals surface area (Å²) < 4.78 is 76.9. The number of methoxy groups -OCH3 is 1. The van der Waals surface area contributed by atoms with Crippen LogP contribution in [0.15, 0.2) is 30.5 Å². The molecule has 3 N–H and O–H groups in total. The number of aliphatic hydroxyl groups is 3. The molecule has 2 unspecified atom stereocenters. The standard InChI is InChI=1S/C29H35F5N4O4S/c1-15-4-5-16(2)35-24(15)27(28(41)6-8-29(33,34)9-7-28)43-14-21(42-3)25(26(40)22(43)13-39)38-12-20(36-37-38)17-10-18(30)23(32)19(31)11-17/h4-5,10-12,21-22,25-27,39-41,43H,6-9,13-14H2,1-3H3/t21-,22+,25+,26-,27?/m0/s1. The van der Waals surface area contributed by atoms with Crippen LogP contribution in [0.2, 0.25) is 0 Å². The Labute approximate surface area is 248 Å². The Balaban J connectivity index is 1.54. The van der Waals surface area contributed by atoms with Gasteiger partial charge in [-0.3, -0.25) is 4.98 Å². The molecule has 1 saturated carbocycles. The summed E-state index contributed by atoms with van der Waals surface area (Å²) in [5.74, 6) is -7.07. The number of aliphatic hydroxyl groups excluding tert-OH is 2. The third kappa shape index (κ3) is 6.04. The van der Waals surface area contributed by atoms with E-state index in [1.165, 1.54) is 18.0 Å². The van der Waals surface area contributed by atoms with E-state index in [4.69, 9.17) is 9.72 Å². The molecule has 5 rings (SSSR count). The van der Waals surface area contributed by atoms with Crippen LogP contribution in [0.5, 0.6) is 0 Å². The highest BCUT2D eigenvalue weighted by Gasteiger charge is 2.54. The summed E-state index contributed by atoms with van der Waals surface area (Å²) in [5, 5.41) is 40.9. The molecule has 43 heavy (non-hydrogen) atoms. The second kappa shape index (κ2) is 12.0. The maximum absolute atomic E-state index is 14.3. The van der Waals surface area contributed by atoms with Crippen molar-refractivity contribution in [2.75, 3.05) is 19.5 Å². The lowest BCUT2D eigenvalue weighted by Gasteiger charge is -2.53. The van der Waals surface area contributed by atoms with Crippen molar-refractivity contribution >= 4 is 10.9 Å². The summed E-state index contributed by atoms with van der Waals surface area (Å²) in [7, 11) is -0.110. The summed E-state index contributed by atoms with van der Waals surface area (Å²) in [6.07, 6.45) is -2.04. The first-order valence-electron chi connectivity index (χ1n) is 14.0. The number of ether oxygens (including phenoxy) is 1. The highest BCUT2D eigenvalue weighted by atomic mass is 32.2. The van der Waals surface area contributed by atoms with Gasteiger partial charge in [-0.25, -0.2) is 37.5 Å². The van der Waals surface area contributed by atoms with Gasteiger partial charge in [0.05, 0.1) is 41.6 Å². The van der Waals surface area contributed by atoms with Crippen LogP contribution in [0.4, 0.5) is 22.0 Å². The average molecular weight is 631 g/mol. The number of alkyl halides is 2. The van der Waals surface area contributed by atoms with E-state index in [9.17, 15) is 37.3 Å². The van der Waals surface area contributed by atoms with Crippen molar-refractivity contribution in [2.45, 2.75) is 79.8 Å². The van der Waals surface area contributed by atoms with Crippen molar-refractivity contribution in [1.82, 2.24) is 20.0 Å². The van der Waals surface area contributed by atoms with E-state index in [1.807, 2.05) is 19.1 Å². The summed E-state index contributed by atoms with van der Waals surface area (Å²) in [6, 6.07) is 4.32. The smallest absolute Gasteiger partial charge is 0.248 e. The Hall–Kier alpha value is -2.65. The minimum Gasteiger partial charge on any atom is -0.395 e. The molecule has 0 amide bonds. The van der Waals surface area contributed by atoms with E-state index in [2.05, 4.69) is 10.3 Å². The van der Waals surface area contributed by atoms with Gasteiger partial charge in [0.15, 0.2) is 17.5 Å². The third-order valence-corrected chi connectivity index (χ3v) is 12.2. The number of benzene rings is 1. The first-order valence-corrected chi connectivity index (χ1v) is 15.6. The molecule has 0 radical (unpaired) electrons. The van der Waals surface area contributed by atoms with Crippen LogP contribution >= 0.6 is 10.9 Å². The molecular formula is C29H35F5N4O4S. The number of hydrogen-bond donors (Lipinski definition) is 4. The molecule has 236 valence electrons. The number of nitrogens with zero attached hydrogens (tertiary/aromatic N) is 4. The van der Waals surface area contributed by atoms with Crippen LogP contribution in [-0.2, 0) is 4.74 Å². The highest BCUT2D eigenvalue weighted by molar-refractivity contribution is 8.18. The number of aromatic nitrogens is 4. The second-order valence-electron chi connectivity index (χ2n) is 11.6. The van der Waals surface area contributed by atoms with Gasteiger partial charge in [-0.15, -0.1) is 5.10 Å². The minimum atomic E-state index is -2.90. The lowest BCUT2D eigenvalue weighted by Crippen LogP contribution is -2.54. The molecule has 8 nitrogen and oxygen atoms in total. The Kier molecular flexibility index (Phi) is 8.89. The lowest BCUT2D eigenvalue weighted by molar-refractivity contribution is -0.105. The molecule has 14 heteroatoms. The summed E-state index contributed by atoms with van der Waals surface area (Å²) in [4.78, 5) is 4.73. The SMILES string of the molecule is CO[C@H]1C[SH](C(c2nc(C)ccc2C)C2(O)CCC(F)(F)CC2)[C@H](CO)[C@H](O)[C@@H]1n1cc(-c2cc(F)c(F)c(F)c2)nn1. The summed E-state index contributed by atoms with van der Waals surface area (Å²) in [6.45, 7) is 3.14. The van der Waals surface area contributed by atoms with Crippen LogP contribution < -0.4 is 0 Å². The van der Waals surface area contributed by atoms with Gasteiger partial charge in [0.25, 0.3) is 0 Å². The Bertz CT molecular complexity index is 1440. The van der Waals surface area contributed by atoms with Crippen LogP contribution in [-0.4, -0.2) is 83.7 Å². The second-order valence-corrected chi connectivity index (χ2v) is 14.1. The zero-order valence-electron chi connectivity index (χ0n) is 23.9. The molecule has 1 aliphatic carbocycles. The average Bonchev–Trinajstić information content (AvgIpc) is 3.45. The fourth-order valence-electron chi connectivity index (χ4n) is 6.37. The molecule has 0 bridgehead atoms. The Morgan fingerprint density at radius 3 is 2.35 bits per heavy atom. The van der Waals surface area contributed by atoms with Gasteiger partial charge >= 0.3 is 0 Å². The van der Waals surface area contributed by atoms with E-state index in [-0.39, 0.29) is 29.9 Å². The minimum absolute atomic E-state index is 0.0168. The zero-order valence-corrected chi connectivity index (χ0v) is 24.8. The van der Waals surface area contributed by atoms with Gasteiger partial charge in [0.1, 0.15) is 11.7 Å². The van der Waals surface area contributed by atoms with Gasteiger partial charge in [-0.1, -0.05) is 11.3 Å². The Morgan fingerprint density at radius 2 is 1.74 bits per heavy atom. The van der Waals surface area contributed by atoms with Crippen LogP contribution in [0.3, 0.4) is 0 Å². The number of thiol groups is 1. The molecule has 6 atom stereocenters. The topological polar surface area (TPSA) is 114 Å². The third-order valence-electron chi connectivity index (χ3n) is 8.75. The number of halogens is 5. The Morgan fingerprint density at radius 1 is 1.09 bits per heavy atom. The quantitative estimate of drug-likeness (QED) is 0.175. The predicted molar refractivity (Wildman–Crippen MR) is 151 cm³/mol. The molecule has 3 heterocycles. The monoisotopic (exact) mass is 630 g/mol. The molecule has 2 aliphatic rings. The van der Waals surface area contributed by atoms with Gasteiger partial charge in [-0.05, 0) is 50.5 Å². The summed E-state index contributed by atoms with van der Waals surface area (Å²) >= 11 is 0. The molecule has 1 aliphatic heterocycles. The van der Waals surface area contributed by atoms with Crippen molar-refractivity contribution in [1.29, 1.82) is 0 Å².